The molecule has 2 atom stereocenters. The lowest BCUT2D eigenvalue weighted by atomic mass is 9.91. The lowest BCUT2D eigenvalue weighted by molar-refractivity contribution is -0.145. The fourth-order valence-corrected chi connectivity index (χ4v) is 2.71. The van der Waals surface area contributed by atoms with E-state index in [9.17, 15) is 14.4 Å². The van der Waals surface area contributed by atoms with E-state index < -0.39 is 11.9 Å². The van der Waals surface area contributed by atoms with Crippen molar-refractivity contribution >= 4 is 28.6 Å². The third kappa shape index (κ3) is 3.63. The van der Waals surface area contributed by atoms with Crippen molar-refractivity contribution < 1.29 is 19.5 Å². The molecule has 0 unspecified atom stereocenters. The predicted molar refractivity (Wildman–Crippen MR) is 61.2 cm³/mol. The molecule has 1 aliphatic rings. The maximum Gasteiger partial charge on any atom is 0.307 e. The van der Waals surface area contributed by atoms with Crippen molar-refractivity contribution in [3.05, 3.63) is 0 Å². The predicted octanol–water partition coefficient (Wildman–Crippen LogP) is 1.73. The Morgan fingerprint density at radius 2 is 1.88 bits per heavy atom. The summed E-state index contributed by atoms with van der Waals surface area (Å²) in [6, 6.07) is 0. The Morgan fingerprint density at radius 3 is 2.44 bits per heavy atom. The van der Waals surface area contributed by atoms with E-state index in [0.29, 0.717) is 25.0 Å². The van der Waals surface area contributed by atoms with Crippen molar-refractivity contribution in [3.8, 4) is 0 Å². The third-order valence-electron chi connectivity index (χ3n) is 2.90. The maximum atomic E-state index is 11.8. The molecular formula is C11H16O4S. The molecule has 0 aromatic heterocycles. The van der Waals surface area contributed by atoms with Crippen LogP contribution in [0.1, 0.15) is 32.6 Å². The largest absolute Gasteiger partial charge is 0.481 e. The number of carbonyl (C=O) groups is 3. The summed E-state index contributed by atoms with van der Waals surface area (Å²) in [4.78, 5) is 33.3. The number of carboxylic acids is 1. The Kier molecular flexibility index (Phi) is 4.99. The van der Waals surface area contributed by atoms with Gasteiger partial charge in [0.2, 0.25) is 0 Å². The summed E-state index contributed by atoms with van der Waals surface area (Å²) >= 11 is 1.12. The Bertz CT molecular complexity index is 300. The van der Waals surface area contributed by atoms with E-state index in [2.05, 4.69) is 0 Å². The maximum absolute atomic E-state index is 11.8. The van der Waals surface area contributed by atoms with Crippen molar-refractivity contribution in [1.82, 2.24) is 0 Å². The number of rotatable bonds is 5. The quantitative estimate of drug-likeness (QED) is 0.797. The second kappa shape index (κ2) is 6.03. The zero-order chi connectivity index (χ0) is 12.1. The molecule has 1 aliphatic carbocycles. The summed E-state index contributed by atoms with van der Waals surface area (Å²) in [7, 11) is 0. The van der Waals surface area contributed by atoms with Gasteiger partial charge in [-0.15, -0.1) is 0 Å². The first-order valence-corrected chi connectivity index (χ1v) is 6.40. The molecule has 0 amide bonds. The fraction of sp³-hybridized carbons (Fsp3) is 0.727. The van der Waals surface area contributed by atoms with Gasteiger partial charge in [0.05, 0.1) is 5.92 Å². The highest BCUT2D eigenvalue weighted by molar-refractivity contribution is 8.13. The van der Waals surface area contributed by atoms with Gasteiger partial charge in [0.15, 0.2) is 5.12 Å². The molecule has 1 fully saturated rings. The van der Waals surface area contributed by atoms with Gasteiger partial charge in [0.25, 0.3) is 0 Å². The molecule has 0 spiro atoms. The van der Waals surface area contributed by atoms with Gasteiger partial charge in [-0.25, -0.2) is 0 Å². The van der Waals surface area contributed by atoms with Crippen LogP contribution in [0.4, 0.5) is 0 Å². The van der Waals surface area contributed by atoms with Crippen molar-refractivity contribution in [2.45, 2.75) is 32.6 Å². The second-order valence-electron chi connectivity index (χ2n) is 4.04. The van der Waals surface area contributed by atoms with Gasteiger partial charge < -0.3 is 5.11 Å². The van der Waals surface area contributed by atoms with E-state index >= 15 is 0 Å². The highest BCUT2D eigenvalue weighted by atomic mass is 32.2. The molecule has 1 rings (SSSR count). The molecule has 16 heavy (non-hydrogen) atoms. The first kappa shape index (κ1) is 13.2. The number of carboxylic acid groups (broad SMARTS) is 1. The van der Waals surface area contributed by atoms with Gasteiger partial charge >= 0.3 is 5.97 Å². The average molecular weight is 244 g/mol. The van der Waals surface area contributed by atoms with Gasteiger partial charge in [-0.1, -0.05) is 18.2 Å². The standard InChI is InChI=1S/C11H16O4S/c1-7(12)16-6-5-10(13)8-3-2-4-9(8)11(14)15/h8-9H,2-6H2,1H3,(H,14,15)/t8-,9-/m1/s1. The van der Waals surface area contributed by atoms with E-state index in [-0.39, 0.29) is 16.8 Å². The number of hydrogen-bond donors (Lipinski definition) is 1. The van der Waals surface area contributed by atoms with Crippen molar-refractivity contribution in [1.29, 1.82) is 0 Å². The Hall–Kier alpha value is -0.840. The number of aliphatic carboxylic acids is 1. The van der Waals surface area contributed by atoms with Gasteiger partial charge in [0.1, 0.15) is 5.78 Å². The number of carbonyl (C=O) groups excluding carboxylic acids is 2. The van der Waals surface area contributed by atoms with Gasteiger partial charge in [0, 0.05) is 25.0 Å². The zero-order valence-corrected chi connectivity index (χ0v) is 10.1. The van der Waals surface area contributed by atoms with E-state index in [4.69, 9.17) is 5.11 Å². The van der Waals surface area contributed by atoms with Crippen LogP contribution in [0.3, 0.4) is 0 Å². The SMILES string of the molecule is CC(=O)SCCC(=O)[C@@H]1CCC[C@H]1C(=O)O. The fourth-order valence-electron chi connectivity index (χ4n) is 2.12. The van der Waals surface area contributed by atoms with E-state index in [1.54, 1.807) is 0 Å². The molecule has 0 aromatic rings. The first-order valence-electron chi connectivity index (χ1n) is 5.41. The number of Topliss-reactive ketones (excluding diaryl/α,β-unsaturated/α-hetero) is 1. The van der Waals surface area contributed by atoms with Crippen LogP contribution in [0.2, 0.25) is 0 Å². The zero-order valence-electron chi connectivity index (χ0n) is 9.27. The van der Waals surface area contributed by atoms with Crippen LogP contribution in [-0.4, -0.2) is 27.7 Å². The van der Waals surface area contributed by atoms with Crippen LogP contribution in [-0.2, 0) is 14.4 Å². The molecule has 0 radical (unpaired) electrons. The molecular weight excluding hydrogens is 228 g/mol. The molecule has 0 aromatic carbocycles. The van der Waals surface area contributed by atoms with Crippen LogP contribution in [0.25, 0.3) is 0 Å². The molecule has 0 aliphatic heterocycles. The Balaban J connectivity index is 2.41. The monoisotopic (exact) mass is 244 g/mol. The van der Waals surface area contributed by atoms with Crippen LogP contribution in [0, 0.1) is 11.8 Å². The summed E-state index contributed by atoms with van der Waals surface area (Å²) in [5.41, 5.74) is 0. The molecule has 0 saturated heterocycles. The third-order valence-corrected chi connectivity index (χ3v) is 3.72. The van der Waals surface area contributed by atoms with Crippen molar-refractivity contribution in [3.63, 3.8) is 0 Å². The number of thioether (sulfide) groups is 1. The normalized spacial score (nSPS) is 24.3. The molecule has 4 nitrogen and oxygen atoms in total. The number of hydrogen-bond acceptors (Lipinski definition) is 4. The lowest BCUT2D eigenvalue weighted by Crippen LogP contribution is -2.25. The molecule has 1 N–H and O–H groups in total. The van der Waals surface area contributed by atoms with Crippen LogP contribution in [0.5, 0.6) is 0 Å². The van der Waals surface area contributed by atoms with Crippen LogP contribution < -0.4 is 0 Å². The second-order valence-corrected chi connectivity index (χ2v) is 5.31. The summed E-state index contributed by atoms with van der Waals surface area (Å²) < 4.78 is 0. The van der Waals surface area contributed by atoms with Crippen LogP contribution >= 0.6 is 11.8 Å². The van der Waals surface area contributed by atoms with Crippen molar-refractivity contribution in [2.24, 2.45) is 11.8 Å². The number of ketones is 1. The highest BCUT2D eigenvalue weighted by Crippen LogP contribution is 2.33. The average Bonchev–Trinajstić information content (AvgIpc) is 2.65. The Labute approximate surface area is 98.8 Å². The van der Waals surface area contributed by atoms with Gasteiger partial charge in [-0.05, 0) is 12.8 Å². The topological polar surface area (TPSA) is 71.4 Å². The smallest absolute Gasteiger partial charge is 0.307 e. The minimum atomic E-state index is -0.866. The van der Waals surface area contributed by atoms with Gasteiger partial charge in [-0.3, -0.25) is 14.4 Å². The minimum absolute atomic E-state index is 0.00125. The lowest BCUT2D eigenvalue weighted by Gasteiger charge is -2.13. The molecule has 1 saturated carbocycles. The first-order chi connectivity index (χ1) is 7.52. The van der Waals surface area contributed by atoms with Crippen LogP contribution in [0.15, 0.2) is 0 Å². The molecule has 0 heterocycles. The summed E-state index contributed by atoms with van der Waals surface area (Å²) in [5.74, 6) is -1.23. The van der Waals surface area contributed by atoms with E-state index in [1.807, 2.05) is 0 Å². The van der Waals surface area contributed by atoms with Gasteiger partial charge in [-0.2, -0.15) is 0 Å². The minimum Gasteiger partial charge on any atom is -0.481 e. The summed E-state index contributed by atoms with van der Waals surface area (Å²) in [6.45, 7) is 1.46. The Morgan fingerprint density at radius 1 is 1.25 bits per heavy atom. The molecule has 5 heteroatoms. The molecule has 0 bridgehead atoms. The highest BCUT2D eigenvalue weighted by Gasteiger charge is 2.36. The summed E-state index contributed by atoms with van der Waals surface area (Å²) in [6.07, 6.45) is 2.40. The van der Waals surface area contributed by atoms with Crippen molar-refractivity contribution in [2.75, 3.05) is 5.75 Å². The van der Waals surface area contributed by atoms with E-state index in [0.717, 1.165) is 18.2 Å². The summed E-state index contributed by atoms with van der Waals surface area (Å²) in [5, 5.41) is 8.93. The van der Waals surface area contributed by atoms with E-state index in [1.165, 1.54) is 6.92 Å². The molecule has 90 valence electrons.